The van der Waals surface area contributed by atoms with E-state index in [0.717, 1.165) is 5.75 Å². The largest absolute Gasteiger partial charge is 0.497 e. The Labute approximate surface area is 83.8 Å². The van der Waals surface area contributed by atoms with E-state index in [1.807, 2.05) is 6.92 Å². The van der Waals surface area contributed by atoms with Crippen molar-refractivity contribution in [2.45, 2.75) is 13.0 Å². The summed E-state index contributed by atoms with van der Waals surface area (Å²) in [5.41, 5.74) is 0.688. The molecule has 1 rings (SSSR count). The lowest BCUT2D eigenvalue weighted by atomic mass is 10.2. The number of rotatable bonds is 4. The summed E-state index contributed by atoms with van der Waals surface area (Å²) < 4.78 is 5.21. The van der Waals surface area contributed by atoms with E-state index in [9.17, 15) is 0 Å². The van der Waals surface area contributed by atoms with Gasteiger partial charge < -0.3 is 19.1 Å². The molecule has 14 heavy (non-hydrogen) atoms. The first-order valence-corrected chi connectivity index (χ1v) is 6.45. The summed E-state index contributed by atoms with van der Waals surface area (Å²) in [5, 5.41) is 0. The van der Waals surface area contributed by atoms with E-state index in [0.29, 0.717) is 12.2 Å². The molecule has 0 radical (unpaired) electrons. The first-order chi connectivity index (χ1) is 6.51. The number of ether oxygens (including phenoxy) is 1. The maximum Gasteiger partial charge on any atom is 0.497 e. The molecule has 0 aliphatic rings. The van der Waals surface area contributed by atoms with E-state index in [-0.39, 0.29) is 6.04 Å². The van der Waals surface area contributed by atoms with Crippen molar-refractivity contribution < 1.29 is 19.1 Å². The van der Waals surface area contributed by atoms with E-state index >= 15 is 0 Å². The van der Waals surface area contributed by atoms with Gasteiger partial charge in [0.05, 0.1) is 6.61 Å². The van der Waals surface area contributed by atoms with E-state index in [1.54, 1.807) is 24.3 Å². The van der Waals surface area contributed by atoms with Crippen LogP contribution in [0.15, 0.2) is 24.3 Å². The minimum atomic E-state index is -3.97. The first-order valence-electron chi connectivity index (χ1n) is 4.40. The fourth-order valence-electron chi connectivity index (χ4n) is 1.14. The highest BCUT2D eigenvalue weighted by atomic mass is 28.4. The van der Waals surface area contributed by atoms with Gasteiger partial charge in [0.25, 0.3) is 0 Å². The van der Waals surface area contributed by atoms with Crippen LogP contribution in [0, 0.1) is 0 Å². The van der Waals surface area contributed by atoms with Crippen LogP contribution in [0.3, 0.4) is 0 Å². The molecule has 78 valence electrons. The zero-order chi connectivity index (χ0) is 10.6. The van der Waals surface area contributed by atoms with Gasteiger partial charge in [-0.2, -0.15) is 0 Å². The van der Waals surface area contributed by atoms with Crippen LogP contribution >= 0.6 is 0 Å². The predicted octanol–water partition coefficient (Wildman–Crippen LogP) is 0.0828. The smallest absolute Gasteiger partial charge is 0.494 e. The molecule has 0 spiro atoms. The topological polar surface area (TPSA) is 69.9 Å². The van der Waals surface area contributed by atoms with Crippen LogP contribution in [0.1, 0.15) is 12.5 Å². The van der Waals surface area contributed by atoms with Crippen molar-refractivity contribution in [3.8, 4) is 5.75 Å². The van der Waals surface area contributed by atoms with Gasteiger partial charge in [-0.25, -0.2) is 0 Å². The second-order valence-electron chi connectivity index (χ2n) is 3.03. The lowest BCUT2D eigenvalue weighted by Gasteiger charge is -2.09. The summed E-state index contributed by atoms with van der Waals surface area (Å²) in [6.07, 6.45) is 0. The molecule has 0 heterocycles. The molecule has 0 aliphatic heterocycles. The van der Waals surface area contributed by atoms with Crippen LogP contribution in [0.4, 0.5) is 0 Å². The van der Waals surface area contributed by atoms with Gasteiger partial charge in [0, 0.05) is 6.04 Å². The summed E-state index contributed by atoms with van der Waals surface area (Å²) in [7, 11) is -3.97. The Balaban J connectivity index is 2.64. The SMILES string of the molecule is CCOc1ccc(C[Si](O)(O)O)cc1. The third kappa shape index (κ3) is 3.88. The molecule has 0 saturated carbocycles. The molecule has 0 amide bonds. The molecule has 0 aromatic heterocycles. The normalized spacial score (nSPS) is 11.4. The molecule has 0 bridgehead atoms. The Morgan fingerprint density at radius 3 is 2.14 bits per heavy atom. The summed E-state index contributed by atoms with van der Waals surface area (Å²) in [6, 6.07) is 6.79. The number of hydrogen-bond acceptors (Lipinski definition) is 4. The molecule has 0 atom stereocenters. The van der Waals surface area contributed by atoms with Crippen LogP contribution in [-0.4, -0.2) is 29.8 Å². The van der Waals surface area contributed by atoms with Crippen LogP contribution in [0.5, 0.6) is 5.75 Å². The van der Waals surface area contributed by atoms with E-state index in [1.165, 1.54) is 0 Å². The van der Waals surface area contributed by atoms with Crippen LogP contribution in [0.2, 0.25) is 0 Å². The highest BCUT2D eigenvalue weighted by molar-refractivity contribution is 6.55. The second kappa shape index (κ2) is 4.56. The molecule has 4 nitrogen and oxygen atoms in total. The lowest BCUT2D eigenvalue weighted by Crippen LogP contribution is -2.37. The zero-order valence-electron chi connectivity index (χ0n) is 7.97. The van der Waals surface area contributed by atoms with Gasteiger partial charge in [-0.05, 0) is 24.6 Å². The van der Waals surface area contributed by atoms with Gasteiger partial charge in [-0.1, -0.05) is 12.1 Å². The summed E-state index contributed by atoms with van der Waals surface area (Å²) in [5.74, 6) is 0.734. The van der Waals surface area contributed by atoms with Crippen molar-refractivity contribution in [3.63, 3.8) is 0 Å². The maximum atomic E-state index is 8.86. The molecular weight excluding hydrogens is 200 g/mol. The van der Waals surface area contributed by atoms with Crippen molar-refractivity contribution in [1.29, 1.82) is 0 Å². The third-order valence-electron chi connectivity index (χ3n) is 1.68. The first kappa shape index (κ1) is 11.2. The van der Waals surface area contributed by atoms with Gasteiger partial charge in [0.1, 0.15) is 5.75 Å². The van der Waals surface area contributed by atoms with Gasteiger partial charge in [-0.15, -0.1) is 0 Å². The van der Waals surface area contributed by atoms with Gasteiger partial charge >= 0.3 is 8.80 Å². The summed E-state index contributed by atoms with van der Waals surface area (Å²) in [6.45, 7) is 2.49. The molecule has 0 unspecified atom stereocenters. The number of hydrogen-bond donors (Lipinski definition) is 3. The Morgan fingerprint density at radius 1 is 1.14 bits per heavy atom. The van der Waals surface area contributed by atoms with E-state index in [2.05, 4.69) is 0 Å². The van der Waals surface area contributed by atoms with Crippen LogP contribution < -0.4 is 4.74 Å². The molecule has 5 heteroatoms. The van der Waals surface area contributed by atoms with Crippen molar-refractivity contribution in [2.75, 3.05) is 6.61 Å². The Kier molecular flexibility index (Phi) is 3.65. The molecule has 1 aromatic rings. The van der Waals surface area contributed by atoms with E-state index < -0.39 is 8.80 Å². The summed E-state index contributed by atoms with van der Waals surface area (Å²) >= 11 is 0. The standard InChI is InChI=1S/C9H14O4Si/c1-2-13-9-5-3-8(4-6-9)7-14(10,11)12/h3-6,10-12H,2,7H2,1H3. The fourth-order valence-corrected chi connectivity index (χ4v) is 1.93. The van der Waals surface area contributed by atoms with Gasteiger partial charge in [-0.3, -0.25) is 0 Å². The van der Waals surface area contributed by atoms with Crippen molar-refractivity contribution in [2.24, 2.45) is 0 Å². The van der Waals surface area contributed by atoms with Gasteiger partial charge in [0.15, 0.2) is 0 Å². The quantitative estimate of drug-likeness (QED) is 0.621. The second-order valence-corrected chi connectivity index (χ2v) is 4.93. The average molecular weight is 214 g/mol. The fraction of sp³-hybridized carbons (Fsp3) is 0.333. The molecule has 3 N–H and O–H groups in total. The highest BCUT2D eigenvalue weighted by Crippen LogP contribution is 2.13. The van der Waals surface area contributed by atoms with Crippen molar-refractivity contribution in [3.05, 3.63) is 29.8 Å². The third-order valence-corrected chi connectivity index (χ3v) is 2.56. The maximum absolute atomic E-state index is 8.86. The predicted molar refractivity (Wildman–Crippen MR) is 53.7 cm³/mol. The van der Waals surface area contributed by atoms with Gasteiger partial charge in [0.2, 0.25) is 0 Å². The highest BCUT2D eigenvalue weighted by Gasteiger charge is 2.26. The average Bonchev–Trinajstić information content (AvgIpc) is 2.06. The number of benzene rings is 1. The molecule has 0 aliphatic carbocycles. The van der Waals surface area contributed by atoms with E-state index in [4.69, 9.17) is 19.1 Å². The van der Waals surface area contributed by atoms with Crippen molar-refractivity contribution in [1.82, 2.24) is 0 Å². The zero-order valence-corrected chi connectivity index (χ0v) is 8.97. The minimum Gasteiger partial charge on any atom is -0.494 e. The molecular formula is C9H14O4Si. The summed E-state index contributed by atoms with van der Waals surface area (Å²) in [4.78, 5) is 26.6. The molecule has 1 aromatic carbocycles. The monoisotopic (exact) mass is 214 g/mol. The molecule has 0 fully saturated rings. The Bertz CT molecular complexity index is 278. The minimum absolute atomic E-state index is 0.0839. The van der Waals surface area contributed by atoms with Crippen LogP contribution in [-0.2, 0) is 6.04 Å². The van der Waals surface area contributed by atoms with Crippen LogP contribution in [0.25, 0.3) is 0 Å². The van der Waals surface area contributed by atoms with Crippen molar-refractivity contribution >= 4 is 8.80 Å². The molecule has 0 saturated heterocycles. The lowest BCUT2D eigenvalue weighted by molar-refractivity contribution is 0.227. The Hall–Kier alpha value is -0.883. The Morgan fingerprint density at radius 2 is 1.71 bits per heavy atom.